The van der Waals surface area contributed by atoms with Crippen molar-refractivity contribution in [2.45, 2.75) is 22.7 Å². The monoisotopic (exact) mass is 297 g/mol. The van der Waals surface area contributed by atoms with Crippen molar-refractivity contribution in [3.05, 3.63) is 29.8 Å². The molecule has 19 heavy (non-hydrogen) atoms. The highest BCUT2D eigenvalue weighted by Crippen LogP contribution is 2.37. The molecule has 102 valence electrons. The Labute approximate surface area is 122 Å². The fourth-order valence-electron chi connectivity index (χ4n) is 2.54. The van der Waals surface area contributed by atoms with Crippen molar-refractivity contribution in [2.24, 2.45) is 0 Å². The molecular formula is C14H16ClNO2S. The Bertz CT molecular complexity index is 457. The Balaban J connectivity index is 1.66. The Morgan fingerprint density at radius 1 is 1.47 bits per heavy atom. The molecule has 2 unspecified atom stereocenters. The summed E-state index contributed by atoms with van der Waals surface area (Å²) >= 11 is 7.50. The van der Waals surface area contributed by atoms with Gasteiger partial charge >= 0.3 is 0 Å². The largest absolute Gasteiger partial charge is 0.373 e. The molecule has 1 aromatic carbocycles. The second-order valence-corrected chi connectivity index (χ2v) is 6.40. The summed E-state index contributed by atoms with van der Waals surface area (Å²) in [5.41, 5.74) is 1.29. The molecule has 0 bridgehead atoms. The number of rotatable bonds is 2. The number of thioether (sulfide) groups is 1. The Kier molecular flexibility index (Phi) is 4.01. The maximum Gasteiger partial charge on any atom is 0.236 e. The van der Waals surface area contributed by atoms with Crippen molar-refractivity contribution in [3.8, 4) is 0 Å². The predicted octanol–water partition coefficient (Wildman–Crippen LogP) is 2.17. The van der Waals surface area contributed by atoms with Gasteiger partial charge in [0.2, 0.25) is 5.91 Å². The fraction of sp³-hybridized carbons (Fsp3) is 0.500. The number of nitrogens with zero attached hydrogens (tertiary/aromatic N) is 1. The first-order valence-electron chi connectivity index (χ1n) is 6.49. The molecule has 2 aliphatic rings. The maximum atomic E-state index is 12.5. The van der Waals surface area contributed by atoms with Gasteiger partial charge in [0.1, 0.15) is 0 Å². The van der Waals surface area contributed by atoms with E-state index in [2.05, 4.69) is 12.1 Å². The molecule has 0 spiro atoms. The number of benzene rings is 1. The highest BCUT2D eigenvalue weighted by Gasteiger charge is 2.33. The number of carbonyl (C=O) groups excluding carboxylic acids is 1. The lowest BCUT2D eigenvalue weighted by atomic mass is 10.1. The number of halogens is 1. The molecule has 1 amide bonds. The quantitative estimate of drug-likeness (QED) is 0.784. The topological polar surface area (TPSA) is 29.5 Å². The molecule has 1 saturated heterocycles. The van der Waals surface area contributed by atoms with Crippen LogP contribution < -0.4 is 0 Å². The van der Waals surface area contributed by atoms with Crippen LogP contribution in [0, 0.1) is 0 Å². The van der Waals surface area contributed by atoms with E-state index in [0.717, 1.165) is 6.42 Å². The summed E-state index contributed by atoms with van der Waals surface area (Å²) in [4.78, 5) is 15.7. The third kappa shape index (κ3) is 2.76. The van der Waals surface area contributed by atoms with Crippen LogP contribution in [0.1, 0.15) is 5.56 Å². The van der Waals surface area contributed by atoms with E-state index in [0.29, 0.717) is 25.6 Å². The maximum absolute atomic E-state index is 12.5. The summed E-state index contributed by atoms with van der Waals surface area (Å²) in [5.74, 6) is 0.668. The molecule has 2 atom stereocenters. The number of fused-ring (bicyclic) bond motifs is 1. The van der Waals surface area contributed by atoms with E-state index in [1.807, 2.05) is 17.0 Å². The summed E-state index contributed by atoms with van der Waals surface area (Å²) in [6, 6.07) is 8.26. The molecule has 0 radical (unpaired) electrons. The third-order valence-corrected chi connectivity index (χ3v) is 5.19. The van der Waals surface area contributed by atoms with Gasteiger partial charge in [-0.1, -0.05) is 18.2 Å². The Morgan fingerprint density at radius 3 is 3.11 bits per heavy atom. The third-order valence-electron chi connectivity index (χ3n) is 3.55. The standard InChI is InChI=1S/C14H16ClNO2S/c15-8-11-9-16(5-6-18-11)14(17)13-7-10-3-1-2-4-12(10)19-13/h1-4,11,13H,5-9H2. The van der Waals surface area contributed by atoms with Gasteiger partial charge in [-0.3, -0.25) is 4.79 Å². The van der Waals surface area contributed by atoms with Crippen molar-refractivity contribution >= 4 is 29.3 Å². The summed E-state index contributed by atoms with van der Waals surface area (Å²) in [6.07, 6.45) is 0.816. The predicted molar refractivity (Wildman–Crippen MR) is 76.8 cm³/mol. The van der Waals surface area contributed by atoms with Gasteiger partial charge in [0.15, 0.2) is 0 Å². The van der Waals surface area contributed by atoms with Gasteiger partial charge in [-0.15, -0.1) is 23.4 Å². The lowest BCUT2D eigenvalue weighted by Gasteiger charge is -2.33. The van der Waals surface area contributed by atoms with E-state index in [4.69, 9.17) is 16.3 Å². The van der Waals surface area contributed by atoms with E-state index < -0.39 is 0 Å². The van der Waals surface area contributed by atoms with Gasteiger partial charge in [0, 0.05) is 18.0 Å². The molecular weight excluding hydrogens is 282 g/mol. The van der Waals surface area contributed by atoms with Gasteiger partial charge < -0.3 is 9.64 Å². The van der Waals surface area contributed by atoms with Crippen LogP contribution in [0.5, 0.6) is 0 Å². The van der Waals surface area contributed by atoms with E-state index in [1.54, 1.807) is 11.8 Å². The lowest BCUT2D eigenvalue weighted by molar-refractivity contribution is -0.137. The number of amides is 1. The molecule has 0 saturated carbocycles. The van der Waals surface area contributed by atoms with Crippen LogP contribution in [-0.2, 0) is 16.0 Å². The van der Waals surface area contributed by atoms with Crippen LogP contribution in [-0.4, -0.2) is 47.7 Å². The molecule has 3 rings (SSSR count). The van der Waals surface area contributed by atoms with Crippen LogP contribution in [0.25, 0.3) is 0 Å². The summed E-state index contributed by atoms with van der Waals surface area (Å²) in [6.45, 7) is 1.89. The van der Waals surface area contributed by atoms with Gasteiger partial charge in [-0.25, -0.2) is 0 Å². The zero-order valence-electron chi connectivity index (χ0n) is 10.5. The number of hydrogen-bond donors (Lipinski definition) is 0. The number of alkyl halides is 1. The van der Waals surface area contributed by atoms with E-state index in [1.165, 1.54) is 10.5 Å². The van der Waals surface area contributed by atoms with Gasteiger partial charge in [-0.05, 0) is 18.1 Å². The SMILES string of the molecule is O=C(C1Cc2ccccc2S1)N1CCOC(CCl)C1. The van der Waals surface area contributed by atoms with Gasteiger partial charge in [0.25, 0.3) is 0 Å². The normalized spacial score (nSPS) is 26.3. The molecule has 3 nitrogen and oxygen atoms in total. The number of ether oxygens (including phenoxy) is 1. The molecule has 5 heteroatoms. The molecule has 0 aliphatic carbocycles. The number of hydrogen-bond acceptors (Lipinski definition) is 3. The second-order valence-electron chi connectivity index (χ2n) is 4.85. The van der Waals surface area contributed by atoms with Crippen LogP contribution in [0.15, 0.2) is 29.2 Å². The van der Waals surface area contributed by atoms with Crippen LogP contribution in [0.4, 0.5) is 0 Å². The highest BCUT2D eigenvalue weighted by molar-refractivity contribution is 8.01. The van der Waals surface area contributed by atoms with Crippen molar-refractivity contribution < 1.29 is 9.53 Å². The first-order chi connectivity index (χ1) is 9.28. The van der Waals surface area contributed by atoms with E-state index in [9.17, 15) is 4.79 Å². The second kappa shape index (κ2) is 5.73. The fourth-order valence-corrected chi connectivity index (χ4v) is 4.00. The first kappa shape index (κ1) is 13.3. The average Bonchev–Trinajstić information content (AvgIpc) is 2.90. The molecule has 2 aliphatic heterocycles. The summed E-state index contributed by atoms with van der Waals surface area (Å²) in [5, 5.41) is 0.0199. The Morgan fingerprint density at radius 2 is 2.32 bits per heavy atom. The molecule has 0 N–H and O–H groups in total. The summed E-state index contributed by atoms with van der Waals surface area (Å²) in [7, 11) is 0. The van der Waals surface area contributed by atoms with E-state index >= 15 is 0 Å². The lowest BCUT2D eigenvalue weighted by Crippen LogP contribution is -2.49. The zero-order chi connectivity index (χ0) is 13.2. The van der Waals surface area contributed by atoms with Crippen LogP contribution >= 0.6 is 23.4 Å². The number of carbonyl (C=O) groups is 1. The minimum Gasteiger partial charge on any atom is -0.373 e. The van der Waals surface area contributed by atoms with Crippen molar-refractivity contribution in [1.29, 1.82) is 0 Å². The highest BCUT2D eigenvalue weighted by atomic mass is 35.5. The van der Waals surface area contributed by atoms with Crippen molar-refractivity contribution in [1.82, 2.24) is 4.90 Å². The minimum atomic E-state index is -0.0202. The minimum absolute atomic E-state index is 0.0199. The Hall–Kier alpha value is -0.710. The molecule has 1 fully saturated rings. The zero-order valence-corrected chi connectivity index (χ0v) is 12.1. The van der Waals surface area contributed by atoms with Crippen LogP contribution in [0.2, 0.25) is 0 Å². The molecule has 2 heterocycles. The molecule has 0 aromatic heterocycles. The smallest absolute Gasteiger partial charge is 0.236 e. The van der Waals surface area contributed by atoms with Crippen LogP contribution in [0.3, 0.4) is 0 Å². The van der Waals surface area contributed by atoms with Gasteiger partial charge in [0.05, 0.1) is 23.8 Å². The molecule has 1 aromatic rings. The van der Waals surface area contributed by atoms with Crippen molar-refractivity contribution in [3.63, 3.8) is 0 Å². The number of morpholine rings is 1. The summed E-state index contributed by atoms with van der Waals surface area (Å²) < 4.78 is 5.50. The average molecular weight is 298 g/mol. The van der Waals surface area contributed by atoms with E-state index in [-0.39, 0.29) is 17.3 Å². The first-order valence-corrected chi connectivity index (χ1v) is 7.90. The van der Waals surface area contributed by atoms with Gasteiger partial charge in [-0.2, -0.15) is 0 Å². The van der Waals surface area contributed by atoms with Crippen molar-refractivity contribution in [2.75, 3.05) is 25.6 Å².